The second-order valence-electron chi connectivity index (χ2n) is 5.88. The van der Waals surface area contributed by atoms with Crippen LogP contribution in [0.25, 0.3) is 0 Å². The van der Waals surface area contributed by atoms with Crippen molar-refractivity contribution >= 4 is 17.4 Å². The number of hydrogen-bond acceptors (Lipinski definition) is 2. The maximum Gasteiger partial charge on any atom is 0.255 e. The molecule has 0 saturated carbocycles. The molecule has 3 nitrogen and oxygen atoms in total. The summed E-state index contributed by atoms with van der Waals surface area (Å²) in [6.07, 6.45) is 1.01. The van der Waals surface area contributed by atoms with Crippen LogP contribution in [0.3, 0.4) is 0 Å². The lowest BCUT2D eigenvalue weighted by molar-refractivity contribution is 0.101. The van der Waals surface area contributed by atoms with E-state index in [0.717, 1.165) is 6.42 Å². The van der Waals surface area contributed by atoms with E-state index in [4.69, 9.17) is 0 Å². The van der Waals surface area contributed by atoms with Crippen LogP contribution in [0.15, 0.2) is 48.5 Å². The standard InChI is InChI=1S/C19H21NO2/c1-13(2)12-15-4-6-17(7-5-15)19(22)20-18-10-8-16(9-11-18)14(3)21/h4-11,13H,12H2,1-3H3,(H,20,22). The first kappa shape index (κ1) is 16.0. The first-order valence-electron chi connectivity index (χ1n) is 7.47. The van der Waals surface area contributed by atoms with E-state index in [2.05, 4.69) is 19.2 Å². The van der Waals surface area contributed by atoms with Crippen molar-refractivity contribution in [3.63, 3.8) is 0 Å². The van der Waals surface area contributed by atoms with Gasteiger partial charge in [0.25, 0.3) is 5.91 Å². The lowest BCUT2D eigenvalue weighted by Gasteiger charge is -2.08. The van der Waals surface area contributed by atoms with Crippen LogP contribution < -0.4 is 5.32 Å². The third-order valence-electron chi connectivity index (χ3n) is 3.41. The van der Waals surface area contributed by atoms with Gasteiger partial charge in [0.1, 0.15) is 0 Å². The minimum atomic E-state index is -0.147. The molecule has 0 unspecified atom stereocenters. The zero-order valence-electron chi connectivity index (χ0n) is 13.2. The average molecular weight is 295 g/mol. The van der Waals surface area contributed by atoms with Crippen LogP contribution in [0.2, 0.25) is 0 Å². The number of carbonyl (C=O) groups is 2. The summed E-state index contributed by atoms with van der Waals surface area (Å²) >= 11 is 0. The van der Waals surface area contributed by atoms with Gasteiger partial charge in [-0.25, -0.2) is 0 Å². The number of nitrogens with one attached hydrogen (secondary N) is 1. The van der Waals surface area contributed by atoms with Gasteiger partial charge < -0.3 is 5.32 Å². The highest BCUT2D eigenvalue weighted by molar-refractivity contribution is 6.04. The molecule has 1 N–H and O–H groups in total. The number of anilines is 1. The van der Waals surface area contributed by atoms with E-state index in [-0.39, 0.29) is 11.7 Å². The second-order valence-corrected chi connectivity index (χ2v) is 5.88. The fourth-order valence-corrected chi connectivity index (χ4v) is 2.26. The van der Waals surface area contributed by atoms with E-state index in [1.54, 1.807) is 24.3 Å². The molecule has 0 aliphatic carbocycles. The van der Waals surface area contributed by atoms with Crippen molar-refractivity contribution in [2.45, 2.75) is 27.2 Å². The quantitative estimate of drug-likeness (QED) is 0.834. The molecule has 0 fully saturated rings. The summed E-state index contributed by atoms with van der Waals surface area (Å²) in [6, 6.07) is 14.6. The van der Waals surface area contributed by atoms with Crippen LogP contribution in [0, 0.1) is 5.92 Å². The summed E-state index contributed by atoms with van der Waals surface area (Å²) in [5, 5.41) is 2.83. The molecular weight excluding hydrogens is 274 g/mol. The molecule has 0 radical (unpaired) electrons. The summed E-state index contributed by atoms with van der Waals surface area (Å²) < 4.78 is 0. The highest BCUT2D eigenvalue weighted by Gasteiger charge is 2.07. The van der Waals surface area contributed by atoms with Crippen molar-refractivity contribution < 1.29 is 9.59 Å². The highest BCUT2D eigenvalue weighted by atomic mass is 16.1. The molecule has 0 aliphatic rings. The zero-order valence-corrected chi connectivity index (χ0v) is 13.2. The summed E-state index contributed by atoms with van der Waals surface area (Å²) in [5.41, 5.74) is 3.18. The summed E-state index contributed by atoms with van der Waals surface area (Å²) in [7, 11) is 0. The van der Waals surface area contributed by atoms with Crippen molar-refractivity contribution in [2.75, 3.05) is 5.32 Å². The molecule has 0 aromatic heterocycles. The Hall–Kier alpha value is -2.42. The minimum Gasteiger partial charge on any atom is -0.322 e. The van der Waals surface area contributed by atoms with Crippen molar-refractivity contribution in [2.24, 2.45) is 5.92 Å². The van der Waals surface area contributed by atoms with Gasteiger partial charge in [-0.2, -0.15) is 0 Å². The number of ketones is 1. The van der Waals surface area contributed by atoms with Crippen molar-refractivity contribution in [1.82, 2.24) is 0 Å². The van der Waals surface area contributed by atoms with Crippen LogP contribution in [0.1, 0.15) is 47.1 Å². The van der Waals surface area contributed by atoms with Gasteiger partial charge in [0.05, 0.1) is 0 Å². The van der Waals surface area contributed by atoms with Gasteiger partial charge >= 0.3 is 0 Å². The van der Waals surface area contributed by atoms with E-state index in [1.165, 1.54) is 12.5 Å². The monoisotopic (exact) mass is 295 g/mol. The number of rotatable bonds is 5. The lowest BCUT2D eigenvalue weighted by Crippen LogP contribution is -2.12. The van der Waals surface area contributed by atoms with Crippen LogP contribution in [-0.4, -0.2) is 11.7 Å². The largest absolute Gasteiger partial charge is 0.322 e. The first-order chi connectivity index (χ1) is 10.5. The van der Waals surface area contributed by atoms with Gasteiger partial charge in [0, 0.05) is 16.8 Å². The molecule has 0 bridgehead atoms. The molecule has 2 rings (SSSR count). The number of carbonyl (C=O) groups excluding carboxylic acids is 2. The predicted octanol–water partition coefficient (Wildman–Crippen LogP) is 4.34. The fourth-order valence-electron chi connectivity index (χ4n) is 2.26. The Balaban J connectivity index is 2.03. The van der Waals surface area contributed by atoms with Gasteiger partial charge in [-0.15, -0.1) is 0 Å². The van der Waals surface area contributed by atoms with E-state index < -0.39 is 0 Å². The molecule has 0 aliphatic heterocycles. The lowest BCUT2D eigenvalue weighted by atomic mass is 10.0. The Labute approximate surface area is 131 Å². The second kappa shape index (κ2) is 7.03. The van der Waals surface area contributed by atoms with E-state index >= 15 is 0 Å². The van der Waals surface area contributed by atoms with Crippen molar-refractivity contribution in [1.29, 1.82) is 0 Å². The average Bonchev–Trinajstić information content (AvgIpc) is 2.48. The maximum absolute atomic E-state index is 12.2. The topological polar surface area (TPSA) is 46.2 Å². The van der Waals surface area contributed by atoms with Crippen LogP contribution in [-0.2, 0) is 6.42 Å². The number of benzene rings is 2. The molecule has 114 valence electrons. The highest BCUT2D eigenvalue weighted by Crippen LogP contribution is 2.14. The Bertz CT molecular complexity index is 655. The van der Waals surface area contributed by atoms with Crippen LogP contribution in [0.4, 0.5) is 5.69 Å². The third kappa shape index (κ3) is 4.29. The van der Waals surface area contributed by atoms with Crippen molar-refractivity contribution in [3.05, 3.63) is 65.2 Å². The Morgan fingerprint density at radius 1 is 0.909 bits per heavy atom. The SMILES string of the molecule is CC(=O)c1ccc(NC(=O)c2ccc(CC(C)C)cc2)cc1. The number of amides is 1. The molecule has 0 atom stereocenters. The molecule has 0 heterocycles. The minimum absolute atomic E-state index is 0.0126. The van der Waals surface area contributed by atoms with Gasteiger partial charge in [0.15, 0.2) is 5.78 Å². The first-order valence-corrected chi connectivity index (χ1v) is 7.47. The summed E-state index contributed by atoms with van der Waals surface area (Å²) in [6.45, 7) is 5.86. The summed E-state index contributed by atoms with van der Waals surface area (Å²) in [5.74, 6) is 0.463. The normalized spacial score (nSPS) is 10.5. The molecule has 2 aromatic carbocycles. The zero-order chi connectivity index (χ0) is 16.1. The smallest absolute Gasteiger partial charge is 0.255 e. The summed E-state index contributed by atoms with van der Waals surface area (Å²) in [4.78, 5) is 23.4. The fraction of sp³-hybridized carbons (Fsp3) is 0.263. The Morgan fingerprint density at radius 2 is 1.45 bits per heavy atom. The van der Waals surface area contributed by atoms with Crippen LogP contribution in [0.5, 0.6) is 0 Å². The predicted molar refractivity (Wildman–Crippen MR) is 89.4 cm³/mol. The van der Waals surface area contributed by atoms with Gasteiger partial charge in [0.2, 0.25) is 0 Å². The Kier molecular flexibility index (Phi) is 5.10. The van der Waals surface area contributed by atoms with Gasteiger partial charge in [-0.1, -0.05) is 26.0 Å². The van der Waals surface area contributed by atoms with E-state index in [9.17, 15) is 9.59 Å². The number of Topliss-reactive ketones (excluding diaryl/α,β-unsaturated/α-hetero) is 1. The molecule has 1 amide bonds. The van der Waals surface area contributed by atoms with E-state index in [0.29, 0.717) is 22.7 Å². The molecule has 0 saturated heterocycles. The molecule has 2 aromatic rings. The van der Waals surface area contributed by atoms with E-state index in [1.807, 2.05) is 24.3 Å². The van der Waals surface area contributed by atoms with Gasteiger partial charge in [-0.3, -0.25) is 9.59 Å². The number of hydrogen-bond donors (Lipinski definition) is 1. The van der Waals surface area contributed by atoms with Crippen LogP contribution >= 0.6 is 0 Å². The molecule has 0 spiro atoms. The maximum atomic E-state index is 12.2. The molecular formula is C19H21NO2. The van der Waals surface area contributed by atoms with Crippen molar-refractivity contribution in [3.8, 4) is 0 Å². The molecule has 3 heteroatoms. The Morgan fingerprint density at radius 3 is 1.95 bits per heavy atom. The van der Waals surface area contributed by atoms with Gasteiger partial charge in [-0.05, 0) is 61.2 Å². The molecule has 22 heavy (non-hydrogen) atoms. The third-order valence-corrected chi connectivity index (χ3v) is 3.41.